The van der Waals surface area contributed by atoms with E-state index in [1.54, 1.807) is 10.9 Å². The number of benzene rings is 2. The predicted octanol–water partition coefficient (Wildman–Crippen LogP) is 3.59. The van der Waals surface area contributed by atoms with E-state index in [0.717, 1.165) is 16.9 Å². The number of nitrogens with zero attached hydrogens (tertiary/aromatic N) is 4. The molecule has 2 aromatic heterocycles. The normalized spacial score (nSPS) is 10.8. The van der Waals surface area contributed by atoms with Gasteiger partial charge in [0.25, 0.3) is 0 Å². The van der Waals surface area contributed by atoms with Crippen LogP contribution >= 0.6 is 0 Å². The minimum atomic E-state index is 0.584. The molecule has 0 amide bonds. The highest BCUT2D eigenvalue weighted by Crippen LogP contribution is 2.22. The molecule has 130 valence electrons. The molecule has 0 saturated carbocycles. The molecule has 26 heavy (non-hydrogen) atoms. The molecule has 0 saturated heterocycles. The maximum atomic E-state index is 4.66. The molecule has 0 aliphatic heterocycles. The molecule has 2 N–H and O–H groups in total. The molecule has 6 nitrogen and oxygen atoms in total. The van der Waals surface area contributed by atoms with Gasteiger partial charge in [0.1, 0.15) is 5.82 Å². The van der Waals surface area contributed by atoms with Gasteiger partial charge in [-0.25, -0.2) is 0 Å². The van der Waals surface area contributed by atoms with Crippen molar-refractivity contribution in [1.29, 1.82) is 0 Å². The highest BCUT2D eigenvalue weighted by atomic mass is 15.3. The first-order valence-corrected chi connectivity index (χ1v) is 8.55. The summed E-state index contributed by atoms with van der Waals surface area (Å²) in [6.45, 7) is 1.36. The van der Waals surface area contributed by atoms with Crippen molar-refractivity contribution in [2.24, 2.45) is 7.05 Å². The Morgan fingerprint density at radius 3 is 2.08 bits per heavy atom. The Balaban J connectivity index is 1.59. The smallest absolute Gasteiger partial charge is 0.226 e. The van der Waals surface area contributed by atoms with Gasteiger partial charge < -0.3 is 10.6 Å². The summed E-state index contributed by atoms with van der Waals surface area (Å²) in [6.07, 6.45) is 1.80. The van der Waals surface area contributed by atoms with Crippen molar-refractivity contribution in [2.75, 3.05) is 10.6 Å². The fourth-order valence-corrected chi connectivity index (χ4v) is 2.79. The molecule has 4 rings (SSSR count). The fraction of sp³-hybridized carbons (Fsp3) is 0.150. The fourth-order valence-electron chi connectivity index (χ4n) is 2.79. The standard InChI is InChI=1S/C20H20N6/c1-26-19-17(14-23-26)18(21-12-15-8-4-2-5-9-15)24-20(25-19)22-13-16-10-6-3-7-11-16/h2-11,14H,12-13H2,1H3,(H2,21,22,24,25). The number of aromatic nitrogens is 4. The maximum absolute atomic E-state index is 4.66. The second-order valence-electron chi connectivity index (χ2n) is 6.08. The molecule has 0 bridgehead atoms. The Morgan fingerprint density at radius 2 is 1.42 bits per heavy atom. The molecule has 4 aromatic rings. The van der Waals surface area contributed by atoms with E-state index < -0.39 is 0 Å². The number of fused-ring (bicyclic) bond motifs is 1. The van der Waals surface area contributed by atoms with E-state index >= 15 is 0 Å². The van der Waals surface area contributed by atoms with E-state index in [0.29, 0.717) is 19.0 Å². The Hall–Kier alpha value is -3.41. The molecule has 0 unspecified atom stereocenters. The highest BCUT2D eigenvalue weighted by molar-refractivity contribution is 5.87. The van der Waals surface area contributed by atoms with Crippen LogP contribution in [0, 0.1) is 0 Å². The molecule has 0 atom stereocenters. The average molecular weight is 344 g/mol. The molecule has 0 aliphatic carbocycles. The zero-order valence-electron chi connectivity index (χ0n) is 14.6. The number of aryl methyl sites for hydroxylation is 1. The zero-order chi connectivity index (χ0) is 17.8. The van der Waals surface area contributed by atoms with Crippen molar-refractivity contribution in [1.82, 2.24) is 19.7 Å². The number of nitrogens with one attached hydrogen (secondary N) is 2. The van der Waals surface area contributed by atoms with Crippen molar-refractivity contribution in [3.63, 3.8) is 0 Å². The van der Waals surface area contributed by atoms with Crippen LogP contribution in [0.5, 0.6) is 0 Å². The first-order chi connectivity index (χ1) is 12.8. The van der Waals surface area contributed by atoms with Crippen molar-refractivity contribution in [3.8, 4) is 0 Å². The largest absolute Gasteiger partial charge is 0.365 e. The molecular weight excluding hydrogens is 324 g/mol. The summed E-state index contributed by atoms with van der Waals surface area (Å²) in [5, 5.41) is 11.9. The lowest BCUT2D eigenvalue weighted by Crippen LogP contribution is -2.08. The molecular formula is C20H20N6. The highest BCUT2D eigenvalue weighted by Gasteiger charge is 2.11. The van der Waals surface area contributed by atoms with Gasteiger partial charge in [0.2, 0.25) is 5.95 Å². The number of hydrogen-bond acceptors (Lipinski definition) is 5. The van der Waals surface area contributed by atoms with Crippen LogP contribution in [-0.4, -0.2) is 19.7 Å². The second kappa shape index (κ2) is 7.23. The summed E-state index contributed by atoms with van der Waals surface area (Å²) in [6, 6.07) is 20.4. The predicted molar refractivity (Wildman–Crippen MR) is 104 cm³/mol. The van der Waals surface area contributed by atoms with Crippen molar-refractivity contribution < 1.29 is 0 Å². The van der Waals surface area contributed by atoms with Crippen LogP contribution in [0.4, 0.5) is 11.8 Å². The molecule has 2 aromatic carbocycles. The Bertz CT molecular complexity index is 995. The molecule has 0 radical (unpaired) electrons. The number of anilines is 2. The number of hydrogen-bond donors (Lipinski definition) is 2. The van der Waals surface area contributed by atoms with Gasteiger partial charge in [-0.2, -0.15) is 15.1 Å². The van der Waals surface area contributed by atoms with E-state index in [2.05, 4.69) is 50.0 Å². The van der Waals surface area contributed by atoms with E-state index in [4.69, 9.17) is 0 Å². The van der Waals surface area contributed by atoms with Crippen LogP contribution < -0.4 is 10.6 Å². The molecule has 0 fully saturated rings. The van der Waals surface area contributed by atoms with E-state index in [9.17, 15) is 0 Å². The van der Waals surface area contributed by atoms with Gasteiger partial charge in [-0.3, -0.25) is 4.68 Å². The maximum Gasteiger partial charge on any atom is 0.226 e. The number of rotatable bonds is 6. The van der Waals surface area contributed by atoms with Gasteiger partial charge in [-0.1, -0.05) is 60.7 Å². The Morgan fingerprint density at radius 1 is 0.808 bits per heavy atom. The summed E-state index contributed by atoms with van der Waals surface area (Å²) in [4.78, 5) is 9.26. The van der Waals surface area contributed by atoms with Crippen molar-refractivity contribution in [2.45, 2.75) is 13.1 Å². The van der Waals surface area contributed by atoms with Crippen LogP contribution in [0.1, 0.15) is 11.1 Å². The SMILES string of the molecule is Cn1ncc2c(NCc3ccccc3)nc(NCc3ccccc3)nc21. The van der Waals surface area contributed by atoms with Crippen LogP contribution in [0.2, 0.25) is 0 Å². The summed E-state index contributed by atoms with van der Waals surface area (Å²) >= 11 is 0. The van der Waals surface area contributed by atoms with Gasteiger partial charge in [-0.15, -0.1) is 0 Å². The van der Waals surface area contributed by atoms with Gasteiger partial charge >= 0.3 is 0 Å². The zero-order valence-corrected chi connectivity index (χ0v) is 14.6. The summed E-state index contributed by atoms with van der Waals surface area (Å²) in [7, 11) is 1.89. The molecule has 0 aliphatic rings. The van der Waals surface area contributed by atoms with Gasteiger partial charge in [0.05, 0.1) is 11.6 Å². The van der Waals surface area contributed by atoms with Crippen molar-refractivity contribution in [3.05, 3.63) is 78.0 Å². The summed E-state index contributed by atoms with van der Waals surface area (Å²) in [5.41, 5.74) is 3.17. The minimum absolute atomic E-state index is 0.584. The van der Waals surface area contributed by atoms with Crippen LogP contribution in [0.3, 0.4) is 0 Å². The first kappa shape index (κ1) is 16.1. The van der Waals surface area contributed by atoms with Crippen LogP contribution in [0.15, 0.2) is 66.9 Å². The van der Waals surface area contributed by atoms with Crippen LogP contribution in [0.25, 0.3) is 11.0 Å². The lowest BCUT2D eigenvalue weighted by atomic mass is 10.2. The second-order valence-corrected chi connectivity index (χ2v) is 6.08. The summed E-state index contributed by atoms with van der Waals surface area (Å²) < 4.78 is 1.76. The van der Waals surface area contributed by atoms with E-state index in [1.165, 1.54) is 11.1 Å². The lowest BCUT2D eigenvalue weighted by molar-refractivity contribution is 0.785. The lowest BCUT2D eigenvalue weighted by Gasteiger charge is -2.10. The molecule has 0 spiro atoms. The topological polar surface area (TPSA) is 67.7 Å². The third-order valence-corrected chi connectivity index (χ3v) is 4.19. The van der Waals surface area contributed by atoms with Gasteiger partial charge in [-0.05, 0) is 11.1 Å². The first-order valence-electron chi connectivity index (χ1n) is 8.55. The van der Waals surface area contributed by atoms with Gasteiger partial charge in [0.15, 0.2) is 5.65 Å². The van der Waals surface area contributed by atoms with E-state index in [-0.39, 0.29) is 0 Å². The minimum Gasteiger partial charge on any atom is -0.365 e. The summed E-state index contributed by atoms with van der Waals surface area (Å²) in [5.74, 6) is 1.36. The van der Waals surface area contributed by atoms with Crippen molar-refractivity contribution >= 4 is 22.8 Å². The monoisotopic (exact) mass is 344 g/mol. The third kappa shape index (κ3) is 3.49. The molecule has 6 heteroatoms. The van der Waals surface area contributed by atoms with Crippen LogP contribution in [-0.2, 0) is 20.1 Å². The molecule has 2 heterocycles. The Labute approximate surface area is 151 Å². The van der Waals surface area contributed by atoms with E-state index in [1.807, 2.05) is 43.4 Å². The average Bonchev–Trinajstić information content (AvgIpc) is 3.07. The third-order valence-electron chi connectivity index (χ3n) is 4.19. The quantitative estimate of drug-likeness (QED) is 0.559. The van der Waals surface area contributed by atoms with Gasteiger partial charge in [0, 0.05) is 20.1 Å². The Kier molecular flexibility index (Phi) is 4.47.